The summed E-state index contributed by atoms with van der Waals surface area (Å²) in [5, 5.41) is 10.9. The molecular formula is C18H22FN5O2. The Morgan fingerprint density at radius 2 is 2.27 bits per heavy atom. The molecule has 0 spiro atoms. The van der Waals surface area contributed by atoms with Crippen LogP contribution in [0.5, 0.6) is 0 Å². The maximum atomic E-state index is 13.6. The molecule has 2 aromatic rings. The van der Waals surface area contributed by atoms with E-state index in [9.17, 15) is 9.18 Å². The summed E-state index contributed by atoms with van der Waals surface area (Å²) in [6.07, 6.45) is 3.15. The van der Waals surface area contributed by atoms with Crippen LogP contribution in [-0.4, -0.2) is 51.5 Å². The number of nitrogens with one attached hydrogen (secondary N) is 1. The number of benzene rings is 1. The van der Waals surface area contributed by atoms with E-state index in [-0.39, 0.29) is 30.4 Å². The summed E-state index contributed by atoms with van der Waals surface area (Å²) in [5.74, 6) is -0.365. The van der Waals surface area contributed by atoms with Crippen molar-refractivity contribution in [2.24, 2.45) is 0 Å². The van der Waals surface area contributed by atoms with Gasteiger partial charge in [-0.15, -0.1) is 5.10 Å². The van der Waals surface area contributed by atoms with Gasteiger partial charge in [-0.2, -0.15) is 0 Å². The zero-order chi connectivity index (χ0) is 17.9. The molecule has 7 nitrogen and oxygen atoms in total. The Labute approximate surface area is 151 Å². The van der Waals surface area contributed by atoms with Gasteiger partial charge in [0.2, 0.25) is 5.91 Å². The van der Waals surface area contributed by atoms with Gasteiger partial charge >= 0.3 is 0 Å². The highest BCUT2D eigenvalue weighted by molar-refractivity contribution is 5.76. The van der Waals surface area contributed by atoms with Crippen LogP contribution >= 0.6 is 0 Å². The predicted octanol–water partition coefficient (Wildman–Crippen LogP) is 1.27. The number of likely N-dealkylation sites (tertiary alicyclic amines) is 1. The normalized spacial score (nSPS) is 22.5. The number of nitrogens with zero attached hydrogens (tertiary/aromatic N) is 4. The molecule has 4 rings (SSSR count). The van der Waals surface area contributed by atoms with Crippen LogP contribution in [0.3, 0.4) is 0 Å². The third-order valence-electron chi connectivity index (χ3n) is 5.11. The van der Waals surface area contributed by atoms with E-state index in [1.54, 1.807) is 24.4 Å². The molecule has 0 unspecified atom stereocenters. The summed E-state index contributed by atoms with van der Waals surface area (Å²) in [7, 11) is 0. The quantitative estimate of drug-likeness (QED) is 0.870. The second kappa shape index (κ2) is 7.51. The number of carbonyl (C=O) groups is 1. The van der Waals surface area contributed by atoms with Gasteiger partial charge in [0, 0.05) is 38.2 Å². The van der Waals surface area contributed by atoms with Crippen molar-refractivity contribution in [3.63, 3.8) is 0 Å². The third kappa shape index (κ3) is 3.61. The lowest BCUT2D eigenvalue weighted by Crippen LogP contribution is -2.49. The van der Waals surface area contributed by atoms with Gasteiger partial charge < -0.3 is 15.0 Å². The van der Waals surface area contributed by atoms with Gasteiger partial charge in [-0.1, -0.05) is 23.4 Å². The molecule has 2 aliphatic heterocycles. The molecule has 0 bridgehead atoms. The molecule has 1 N–H and O–H groups in total. The molecule has 1 saturated heterocycles. The number of amides is 1. The van der Waals surface area contributed by atoms with Gasteiger partial charge in [-0.05, 0) is 12.5 Å². The van der Waals surface area contributed by atoms with E-state index < -0.39 is 0 Å². The van der Waals surface area contributed by atoms with Gasteiger partial charge in [0.1, 0.15) is 5.82 Å². The minimum absolute atomic E-state index is 0.0708. The van der Waals surface area contributed by atoms with Crippen molar-refractivity contribution in [1.29, 1.82) is 0 Å². The van der Waals surface area contributed by atoms with Crippen LogP contribution in [0, 0.1) is 5.82 Å². The molecule has 0 saturated carbocycles. The number of ether oxygens (including phenoxy) is 1. The fraction of sp³-hybridized carbons (Fsp3) is 0.500. The minimum atomic E-state index is -0.295. The van der Waals surface area contributed by atoms with Gasteiger partial charge in [0.25, 0.3) is 0 Å². The summed E-state index contributed by atoms with van der Waals surface area (Å²) in [6, 6.07) is 6.71. The number of hydrogen-bond donors (Lipinski definition) is 1. The lowest BCUT2D eigenvalue weighted by molar-refractivity contribution is -0.122. The smallest absolute Gasteiger partial charge is 0.221 e. The second-order valence-corrected chi connectivity index (χ2v) is 6.79. The first-order chi connectivity index (χ1) is 12.7. The zero-order valence-electron chi connectivity index (χ0n) is 14.5. The van der Waals surface area contributed by atoms with Crippen LogP contribution in [-0.2, 0) is 22.7 Å². The van der Waals surface area contributed by atoms with Crippen molar-refractivity contribution in [3.8, 4) is 0 Å². The maximum Gasteiger partial charge on any atom is 0.221 e. The Bertz CT molecular complexity index is 780. The molecule has 26 heavy (non-hydrogen) atoms. The summed E-state index contributed by atoms with van der Waals surface area (Å²) < 4.78 is 21.5. The Morgan fingerprint density at radius 3 is 3.15 bits per heavy atom. The van der Waals surface area contributed by atoms with Crippen LogP contribution in [0.4, 0.5) is 4.39 Å². The van der Waals surface area contributed by atoms with E-state index in [1.165, 1.54) is 6.07 Å². The van der Waals surface area contributed by atoms with E-state index in [1.807, 2.05) is 4.68 Å². The highest BCUT2D eigenvalue weighted by Crippen LogP contribution is 2.30. The zero-order valence-corrected chi connectivity index (χ0v) is 14.5. The molecule has 0 radical (unpaired) electrons. The number of aromatic nitrogens is 3. The predicted molar refractivity (Wildman–Crippen MR) is 91.6 cm³/mol. The van der Waals surface area contributed by atoms with E-state index in [4.69, 9.17) is 4.74 Å². The maximum absolute atomic E-state index is 13.6. The fourth-order valence-corrected chi connectivity index (χ4v) is 3.64. The Morgan fingerprint density at radius 1 is 1.38 bits per heavy atom. The van der Waals surface area contributed by atoms with E-state index in [2.05, 4.69) is 20.5 Å². The number of carbonyl (C=O) groups excluding carboxylic acids is 1. The summed E-state index contributed by atoms with van der Waals surface area (Å²) in [4.78, 5) is 14.3. The van der Waals surface area contributed by atoms with Crippen LogP contribution < -0.4 is 5.32 Å². The fourth-order valence-electron chi connectivity index (χ4n) is 3.64. The van der Waals surface area contributed by atoms with Crippen molar-refractivity contribution in [2.45, 2.75) is 38.1 Å². The molecule has 138 valence electrons. The number of fused-ring (bicyclic) bond motifs is 3. The summed E-state index contributed by atoms with van der Waals surface area (Å²) >= 11 is 0. The molecule has 2 aliphatic rings. The Balaban J connectivity index is 1.23. The van der Waals surface area contributed by atoms with Crippen LogP contribution in [0.15, 0.2) is 30.5 Å². The second-order valence-electron chi connectivity index (χ2n) is 6.79. The molecule has 0 aliphatic carbocycles. The van der Waals surface area contributed by atoms with Crippen molar-refractivity contribution in [1.82, 2.24) is 25.2 Å². The third-order valence-corrected chi connectivity index (χ3v) is 5.11. The molecule has 1 aromatic heterocycles. The number of piperidine rings is 1. The van der Waals surface area contributed by atoms with Crippen molar-refractivity contribution >= 4 is 5.91 Å². The van der Waals surface area contributed by atoms with Crippen LogP contribution in [0.2, 0.25) is 0 Å². The first-order valence-electron chi connectivity index (χ1n) is 8.94. The van der Waals surface area contributed by atoms with E-state index in [0.29, 0.717) is 25.1 Å². The van der Waals surface area contributed by atoms with Gasteiger partial charge in [-0.3, -0.25) is 4.79 Å². The van der Waals surface area contributed by atoms with E-state index in [0.717, 1.165) is 25.2 Å². The summed E-state index contributed by atoms with van der Waals surface area (Å²) in [6.45, 7) is 3.09. The standard InChI is InChI=1S/C18H22FN5O2/c19-15-4-2-1-3-13(15)9-20-18(25)6-8-23-7-5-16-17(11-23)26-12-14-10-21-22-24(14)16/h1-4,10,16-17H,5-9,11-12H2,(H,20,25)/t16-,17-/m0/s1. The van der Waals surface area contributed by atoms with Crippen molar-refractivity contribution in [2.75, 3.05) is 19.6 Å². The number of halogens is 1. The lowest BCUT2D eigenvalue weighted by atomic mass is 10.00. The van der Waals surface area contributed by atoms with Gasteiger partial charge in [-0.25, -0.2) is 9.07 Å². The van der Waals surface area contributed by atoms with Crippen LogP contribution in [0.1, 0.15) is 30.1 Å². The number of rotatable bonds is 5. The average Bonchev–Trinajstić information content (AvgIpc) is 3.14. The van der Waals surface area contributed by atoms with Gasteiger partial charge in [0.15, 0.2) is 0 Å². The van der Waals surface area contributed by atoms with Gasteiger partial charge in [0.05, 0.1) is 30.6 Å². The molecule has 1 fully saturated rings. The monoisotopic (exact) mass is 359 g/mol. The highest BCUT2D eigenvalue weighted by atomic mass is 19.1. The topological polar surface area (TPSA) is 72.3 Å². The lowest BCUT2D eigenvalue weighted by Gasteiger charge is -2.40. The first kappa shape index (κ1) is 17.1. The van der Waals surface area contributed by atoms with E-state index >= 15 is 0 Å². The van der Waals surface area contributed by atoms with Crippen LogP contribution in [0.25, 0.3) is 0 Å². The largest absolute Gasteiger partial charge is 0.368 e. The Kier molecular flexibility index (Phi) is 4.94. The minimum Gasteiger partial charge on any atom is -0.368 e. The molecule has 3 heterocycles. The van der Waals surface area contributed by atoms with Crippen molar-refractivity contribution < 1.29 is 13.9 Å². The molecule has 2 atom stereocenters. The Hall–Kier alpha value is -2.32. The first-order valence-corrected chi connectivity index (χ1v) is 8.94. The molecular weight excluding hydrogens is 337 g/mol. The highest BCUT2D eigenvalue weighted by Gasteiger charge is 2.36. The average molecular weight is 359 g/mol. The molecule has 1 amide bonds. The SMILES string of the molecule is O=C(CCN1CC[C@H]2[C@H](C1)OCc1cnnn12)NCc1ccccc1F. The summed E-state index contributed by atoms with van der Waals surface area (Å²) in [5.41, 5.74) is 1.52. The molecule has 1 aromatic carbocycles. The number of hydrogen-bond acceptors (Lipinski definition) is 5. The molecule has 8 heteroatoms. The van der Waals surface area contributed by atoms with Crippen molar-refractivity contribution in [3.05, 3.63) is 47.5 Å².